The van der Waals surface area contributed by atoms with Gasteiger partial charge in [-0.15, -0.1) is 0 Å². The highest BCUT2D eigenvalue weighted by Crippen LogP contribution is 2.34. The van der Waals surface area contributed by atoms with E-state index in [1.807, 2.05) is 32.1 Å². The molecule has 0 aromatic rings. The van der Waals surface area contributed by atoms with Crippen molar-refractivity contribution in [3.8, 4) is 6.07 Å². The summed E-state index contributed by atoms with van der Waals surface area (Å²) in [5, 5.41) is 18.2. The topological polar surface area (TPSA) is 44.0 Å². The van der Waals surface area contributed by atoms with Crippen LogP contribution in [0.25, 0.3) is 0 Å². The van der Waals surface area contributed by atoms with E-state index in [4.69, 9.17) is 5.26 Å². The number of nitriles is 1. The summed E-state index contributed by atoms with van der Waals surface area (Å²) in [6.07, 6.45) is 6.58. The van der Waals surface area contributed by atoms with Gasteiger partial charge in [-0.2, -0.15) is 5.26 Å². The molecule has 0 aromatic carbocycles. The zero-order chi connectivity index (χ0) is 10.8. The molecule has 14 heavy (non-hydrogen) atoms. The number of nitrogens with zero attached hydrogens (tertiary/aromatic N) is 1. The third kappa shape index (κ3) is 2.05. The van der Waals surface area contributed by atoms with Crippen LogP contribution in [0.4, 0.5) is 0 Å². The van der Waals surface area contributed by atoms with Crippen molar-refractivity contribution in [2.75, 3.05) is 0 Å². The van der Waals surface area contributed by atoms with E-state index in [0.29, 0.717) is 0 Å². The molecule has 0 aromatic heterocycles. The Bertz CT molecular complexity index is 342. The van der Waals surface area contributed by atoms with Crippen molar-refractivity contribution in [2.45, 2.75) is 20.3 Å². The summed E-state index contributed by atoms with van der Waals surface area (Å²) in [5.74, 6) is 0.219. The molecule has 0 bridgehead atoms. The first-order valence-electron chi connectivity index (χ1n) is 4.65. The highest BCUT2D eigenvalue weighted by Gasteiger charge is 2.28. The van der Waals surface area contributed by atoms with Gasteiger partial charge < -0.3 is 5.11 Å². The zero-order valence-corrected chi connectivity index (χ0v) is 8.62. The molecule has 1 atom stereocenters. The first-order valence-corrected chi connectivity index (χ1v) is 4.65. The van der Waals surface area contributed by atoms with Gasteiger partial charge in [-0.05, 0) is 26.2 Å². The number of aliphatic hydroxyl groups is 1. The highest BCUT2D eigenvalue weighted by molar-refractivity contribution is 5.37. The Labute approximate surface area is 84.9 Å². The first kappa shape index (κ1) is 10.6. The molecule has 0 spiro atoms. The van der Waals surface area contributed by atoms with E-state index in [9.17, 15) is 5.11 Å². The van der Waals surface area contributed by atoms with Gasteiger partial charge in [0, 0.05) is 5.57 Å². The second-order valence-electron chi connectivity index (χ2n) is 4.15. The predicted octanol–water partition coefficient (Wildman–Crippen LogP) is 3.11. The molecule has 2 nitrogen and oxygen atoms in total. The van der Waals surface area contributed by atoms with Gasteiger partial charge in [0.1, 0.15) is 5.76 Å². The van der Waals surface area contributed by atoms with E-state index in [1.54, 1.807) is 0 Å². The number of hydrogen-bond acceptors (Lipinski definition) is 2. The minimum Gasteiger partial charge on any atom is -0.508 e. The normalized spacial score (nSPS) is 21.2. The standard InChI is InChI=1S/C12H15NO/c1-9(14)10-5-4-6-11(7-10)12(2,3)8-13/h4-5,7,11,14H,1,6H2,2-3H3. The van der Waals surface area contributed by atoms with Gasteiger partial charge in [0.2, 0.25) is 0 Å². The van der Waals surface area contributed by atoms with Gasteiger partial charge in [0.15, 0.2) is 0 Å². The van der Waals surface area contributed by atoms with Gasteiger partial charge in [-0.1, -0.05) is 24.8 Å². The molecule has 1 unspecified atom stereocenters. The van der Waals surface area contributed by atoms with E-state index in [0.717, 1.165) is 12.0 Å². The predicted molar refractivity (Wildman–Crippen MR) is 56.5 cm³/mol. The molecule has 74 valence electrons. The second kappa shape index (κ2) is 3.71. The summed E-state index contributed by atoms with van der Waals surface area (Å²) < 4.78 is 0. The molecule has 0 saturated carbocycles. The largest absolute Gasteiger partial charge is 0.508 e. The summed E-state index contributed by atoms with van der Waals surface area (Å²) in [6, 6.07) is 2.28. The molecular formula is C12H15NO. The first-order chi connectivity index (χ1) is 6.47. The van der Waals surface area contributed by atoms with Crippen LogP contribution in [-0.4, -0.2) is 5.11 Å². The smallest absolute Gasteiger partial charge is 0.115 e. The Morgan fingerprint density at radius 1 is 1.71 bits per heavy atom. The summed E-state index contributed by atoms with van der Waals surface area (Å²) in [4.78, 5) is 0. The average molecular weight is 189 g/mol. The molecule has 0 saturated heterocycles. The Balaban J connectivity index is 2.93. The van der Waals surface area contributed by atoms with Crippen LogP contribution in [-0.2, 0) is 0 Å². The summed E-state index contributed by atoms with van der Waals surface area (Å²) in [7, 11) is 0. The summed E-state index contributed by atoms with van der Waals surface area (Å²) in [5.41, 5.74) is 0.329. The van der Waals surface area contributed by atoms with Crippen LogP contribution in [0.5, 0.6) is 0 Å². The second-order valence-corrected chi connectivity index (χ2v) is 4.15. The number of rotatable bonds is 2. The molecule has 2 heteroatoms. The SMILES string of the molecule is C=C(O)C1=CC(C(C)(C)C#N)CC=C1. The fourth-order valence-corrected chi connectivity index (χ4v) is 1.46. The third-order valence-electron chi connectivity index (χ3n) is 2.62. The minimum absolute atomic E-state index is 0.0692. The molecule has 1 aliphatic rings. The highest BCUT2D eigenvalue weighted by atomic mass is 16.3. The van der Waals surface area contributed by atoms with E-state index in [2.05, 4.69) is 12.6 Å². The lowest BCUT2D eigenvalue weighted by atomic mass is 9.75. The molecular weight excluding hydrogens is 174 g/mol. The quantitative estimate of drug-likeness (QED) is 0.678. The minimum atomic E-state index is -0.397. The molecule has 0 fully saturated rings. The van der Waals surface area contributed by atoms with Crippen molar-refractivity contribution >= 4 is 0 Å². The Hall–Kier alpha value is -1.49. The van der Waals surface area contributed by atoms with E-state index in [1.165, 1.54) is 0 Å². The van der Waals surface area contributed by atoms with Crippen LogP contribution >= 0.6 is 0 Å². The van der Waals surface area contributed by atoms with Gasteiger partial charge >= 0.3 is 0 Å². The van der Waals surface area contributed by atoms with Crippen LogP contribution in [0.1, 0.15) is 20.3 Å². The zero-order valence-electron chi connectivity index (χ0n) is 8.62. The number of aliphatic hydroxyl groups excluding tert-OH is 1. The van der Waals surface area contributed by atoms with Crippen molar-refractivity contribution in [1.29, 1.82) is 5.26 Å². The Kier molecular flexibility index (Phi) is 2.81. The molecule has 1 aliphatic carbocycles. The molecule has 1 rings (SSSR count). The lowest BCUT2D eigenvalue weighted by Crippen LogP contribution is -2.21. The molecule has 0 amide bonds. The van der Waals surface area contributed by atoms with Crippen molar-refractivity contribution in [3.63, 3.8) is 0 Å². The maximum Gasteiger partial charge on any atom is 0.115 e. The lowest BCUT2D eigenvalue weighted by Gasteiger charge is -2.26. The van der Waals surface area contributed by atoms with Crippen LogP contribution in [0.15, 0.2) is 36.1 Å². The Morgan fingerprint density at radius 3 is 2.86 bits per heavy atom. The van der Waals surface area contributed by atoms with Crippen LogP contribution in [0.3, 0.4) is 0 Å². The van der Waals surface area contributed by atoms with Gasteiger partial charge in [0.25, 0.3) is 0 Å². The van der Waals surface area contributed by atoms with E-state index >= 15 is 0 Å². The van der Waals surface area contributed by atoms with Gasteiger partial charge in [-0.25, -0.2) is 0 Å². The van der Waals surface area contributed by atoms with E-state index < -0.39 is 5.41 Å². The van der Waals surface area contributed by atoms with Gasteiger partial charge in [-0.3, -0.25) is 0 Å². The molecule has 0 aliphatic heterocycles. The third-order valence-corrected chi connectivity index (χ3v) is 2.62. The lowest BCUT2D eigenvalue weighted by molar-refractivity contribution is 0.350. The van der Waals surface area contributed by atoms with Crippen LogP contribution in [0.2, 0.25) is 0 Å². The Morgan fingerprint density at radius 2 is 2.36 bits per heavy atom. The van der Waals surface area contributed by atoms with Crippen molar-refractivity contribution in [3.05, 3.63) is 36.1 Å². The maximum absolute atomic E-state index is 9.24. The average Bonchev–Trinajstić information content (AvgIpc) is 2.18. The number of hydrogen-bond donors (Lipinski definition) is 1. The fourth-order valence-electron chi connectivity index (χ4n) is 1.46. The van der Waals surface area contributed by atoms with E-state index in [-0.39, 0.29) is 11.7 Å². The van der Waals surface area contributed by atoms with Crippen LogP contribution < -0.4 is 0 Å². The van der Waals surface area contributed by atoms with Crippen molar-refractivity contribution in [1.82, 2.24) is 0 Å². The van der Waals surface area contributed by atoms with Crippen molar-refractivity contribution in [2.24, 2.45) is 11.3 Å². The molecule has 0 radical (unpaired) electrons. The van der Waals surface area contributed by atoms with Crippen LogP contribution in [0, 0.1) is 22.7 Å². The number of allylic oxidation sites excluding steroid dienone is 3. The molecule has 1 N–H and O–H groups in total. The maximum atomic E-state index is 9.24. The summed E-state index contributed by atoms with van der Waals surface area (Å²) in [6.45, 7) is 7.29. The monoisotopic (exact) mass is 189 g/mol. The molecule has 0 heterocycles. The van der Waals surface area contributed by atoms with Gasteiger partial charge in [0.05, 0.1) is 11.5 Å². The summed E-state index contributed by atoms with van der Waals surface area (Å²) >= 11 is 0. The fraction of sp³-hybridized carbons (Fsp3) is 0.417. The van der Waals surface area contributed by atoms with Crippen molar-refractivity contribution < 1.29 is 5.11 Å².